The largest absolute Gasteiger partial charge is 0.497 e. The zero-order valence-electron chi connectivity index (χ0n) is 16.9. The summed E-state index contributed by atoms with van der Waals surface area (Å²) in [5, 5.41) is 2.64. The molecule has 2 aromatic rings. The van der Waals surface area contributed by atoms with Gasteiger partial charge in [0.2, 0.25) is 5.75 Å². The zero-order chi connectivity index (χ0) is 21.2. The molecule has 1 N–H and O–H groups in total. The number of hydrogen-bond donors (Lipinski definition) is 1. The highest BCUT2D eigenvalue weighted by atomic mass is 16.5. The lowest BCUT2D eigenvalue weighted by molar-refractivity contribution is -0.147. The van der Waals surface area contributed by atoms with E-state index >= 15 is 0 Å². The van der Waals surface area contributed by atoms with E-state index in [0.29, 0.717) is 29.4 Å². The Labute approximate surface area is 169 Å². The summed E-state index contributed by atoms with van der Waals surface area (Å²) in [6.07, 6.45) is 0.682. The van der Waals surface area contributed by atoms with E-state index < -0.39 is 18.5 Å². The molecule has 0 fully saturated rings. The van der Waals surface area contributed by atoms with E-state index in [2.05, 4.69) is 5.32 Å². The molecule has 0 aromatic heterocycles. The maximum atomic E-state index is 12.1. The number of carbonyl (C=O) groups is 2. The molecule has 0 bridgehead atoms. The van der Waals surface area contributed by atoms with Crippen molar-refractivity contribution in [3.8, 4) is 23.0 Å². The van der Waals surface area contributed by atoms with Crippen molar-refractivity contribution in [2.75, 3.05) is 40.4 Å². The van der Waals surface area contributed by atoms with Gasteiger partial charge in [0.25, 0.3) is 5.91 Å². The maximum absolute atomic E-state index is 12.1. The Kier molecular flexibility index (Phi) is 8.14. The quantitative estimate of drug-likeness (QED) is 0.610. The summed E-state index contributed by atoms with van der Waals surface area (Å²) in [6.45, 7) is -0.391. The SMILES string of the molecule is COc1ccc(CCC(=O)OCC(=O)Nc2cc(OC)c(OC)c(OC)c2)cc1. The van der Waals surface area contributed by atoms with E-state index in [0.717, 1.165) is 11.3 Å². The number of nitrogens with one attached hydrogen (secondary N) is 1. The Balaban J connectivity index is 1.85. The summed E-state index contributed by atoms with van der Waals surface area (Å²) >= 11 is 0. The van der Waals surface area contributed by atoms with Gasteiger partial charge < -0.3 is 29.0 Å². The standard InChI is InChI=1S/C21H25NO7/c1-25-16-8-5-14(6-9-16)7-10-20(24)29-13-19(23)22-15-11-17(26-2)21(28-4)18(12-15)27-3/h5-6,8-9,11-12H,7,10,13H2,1-4H3,(H,22,23). The third-order valence-corrected chi connectivity index (χ3v) is 4.09. The molecule has 156 valence electrons. The van der Waals surface area contributed by atoms with Crippen molar-refractivity contribution in [3.05, 3.63) is 42.0 Å². The highest BCUT2D eigenvalue weighted by Gasteiger charge is 2.15. The first kappa shape index (κ1) is 21.9. The lowest BCUT2D eigenvalue weighted by atomic mass is 10.1. The molecule has 0 heterocycles. The fraction of sp³-hybridized carbons (Fsp3) is 0.333. The van der Waals surface area contributed by atoms with Gasteiger partial charge in [-0.05, 0) is 24.1 Å². The minimum absolute atomic E-state index is 0.170. The van der Waals surface area contributed by atoms with Crippen LogP contribution in [0.5, 0.6) is 23.0 Å². The molecule has 2 aromatic carbocycles. The molecular weight excluding hydrogens is 378 g/mol. The predicted molar refractivity (Wildman–Crippen MR) is 107 cm³/mol. The Hall–Kier alpha value is -3.42. The van der Waals surface area contributed by atoms with Crippen LogP contribution in [0.4, 0.5) is 5.69 Å². The van der Waals surface area contributed by atoms with E-state index in [9.17, 15) is 9.59 Å². The normalized spacial score (nSPS) is 10.1. The average Bonchev–Trinajstić information content (AvgIpc) is 2.75. The van der Waals surface area contributed by atoms with Crippen molar-refractivity contribution < 1.29 is 33.3 Å². The van der Waals surface area contributed by atoms with Crippen molar-refractivity contribution in [1.82, 2.24) is 0 Å². The lowest BCUT2D eigenvalue weighted by Crippen LogP contribution is -2.21. The highest BCUT2D eigenvalue weighted by molar-refractivity contribution is 5.93. The molecule has 0 aliphatic rings. The number of benzene rings is 2. The summed E-state index contributed by atoms with van der Waals surface area (Å²) in [6, 6.07) is 10.6. The van der Waals surface area contributed by atoms with Crippen LogP contribution in [0.2, 0.25) is 0 Å². The van der Waals surface area contributed by atoms with Crippen molar-refractivity contribution in [3.63, 3.8) is 0 Å². The fourth-order valence-electron chi connectivity index (χ4n) is 2.61. The molecule has 1 amide bonds. The molecule has 0 saturated heterocycles. The first-order chi connectivity index (χ1) is 14.0. The lowest BCUT2D eigenvalue weighted by Gasteiger charge is -2.14. The minimum atomic E-state index is -0.475. The van der Waals surface area contributed by atoms with Crippen molar-refractivity contribution >= 4 is 17.6 Å². The highest BCUT2D eigenvalue weighted by Crippen LogP contribution is 2.39. The molecule has 0 aliphatic carbocycles. The third-order valence-electron chi connectivity index (χ3n) is 4.09. The Morgan fingerprint density at radius 1 is 0.862 bits per heavy atom. The molecule has 0 unspecified atom stereocenters. The second-order valence-corrected chi connectivity index (χ2v) is 5.97. The molecule has 0 spiro atoms. The van der Waals surface area contributed by atoms with Crippen LogP contribution in [0.3, 0.4) is 0 Å². The van der Waals surface area contributed by atoms with Gasteiger partial charge in [0.15, 0.2) is 18.1 Å². The molecule has 0 saturated carbocycles. The van der Waals surface area contributed by atoms with E-state index in [1.807, 2.05) is 24.3 Å². The van der Waals surface area contributed by atoms with Gasteiger partial charge >= 0.3 is 5.97 Å². The molecule has 0 atom stereocenters. The maximum Gasteiger partial charge on any atom is 0.306 e. The number of esters is 1. The van der Waals surface area contributed by atoms with Crippen LogP contribution in [-0.2, 0) is 20.7 Å². The predicted octanol–water partition coefficient (Wildman–Crippen LogP) is 2.84. The molecular formula is C21H25NO7. The topological polar surface area (TPSA) is 92.3 Å². The van der Waals surface area contributed by atoms with Gasteiger partial charge in [-0.3, -0.25) is 9.59 Å². The van der Waals surface area contributed by atoms with Gasteiger partial charge in [-0.15, -0.1) is 0 Å². The molecule has 0 aliphatic heterocycles. The van der Waals surface area contributed by atoms with Gasteiger partial charge in [-0.2, -0.15) is 0 Å². The summed E-state index contributed by atoms with van der Waals surface area (Å²) in [7, 11) is 6.04. The summed E-state index contributed by atoms with van der Waals surface area (Å²) in [4.78, 5) is 24.0. The number of anilines is 1. The molecule has 29 heavy (non-hydrogen) atoms. The molecule has 0 radical (unpaired) electrons. The number of methoxy groups -OCH3 is 4. The average molecular weight is 403 g/mol. The van der Waals surface area contributed by atoms with E-state index in [1.165, 1.54) is 21.3 Å². The molecule has 8 heteroatoms. The van der Waals surface area contributed by atoms with Gasteiger partial charge in [0.05, 0.1) is 28.4 Å². The second-order valence-electron chi connectivity index (χ2n) is 5.97. The number of ether oxygens (including phenoxy) is 5. The van der Waals surface area contributed by atoms with Gasteiger partial charge in [0, 0.05) is 24.2 Å². The zero-order valence-corrected chi connectivity index (χ0v) is 16.9. The van der Waals surface area contributed by atoms with Gasteiger partial charge in [-0.25, -0.2) is 0 Å². The van der Waals surface area contributed by atoms with Crippen LogP contribution in [-0.4, -0.2) is 46.9 Å². The van der Waals surface area contributed by atoms with E-state index in [-0.39, 0.29) is 6.42 Å². The summed E-state index contributed by atoms with van der Waals surface area (Å²) in [5.41, 5.74) is 1.41. The second kappa shape index (κ2) is 10.8. The van der Waals surface area contributed by atoms with Crippen LogP contribution in [0, 0.1) is 0 Å². The first-order valence-electron chi connectivity index (χ1n) is 8.89. The molecule has 2 rings (SSSR count). The number of rotatable bonds is 10. The minimum Gasteiger partial charge on any atom is -0.497 e. The number of amides is 1. The smallest absolute Gasteiger partial charge is 0.306 e. The summed E-state index contributed by atoms with van der Waals surface area (Å²) < 4.78 is 25.8. The molecule has 8 nitrogen and oxygen atoms in total. The number of hydrogen-bond acceptors (Lipinski definition) is 7. The van der Waals surface area contributed by atoms with Crippen LogP contribution in [0.25, 0.3) is 0 Å². The third kappa shape index (κ3) is 6.31. The number of aryl methyl sites for hydroxylation is 1. The van der Waals surface area contributed by atoms with Crippen molar-refractivity contribution in [2.45, 2.75) is 12.8 Å². The van der Waals surface area contributed by atoms with Crippen LogP contribution < -0.4 is 24.3 Å². The van der Waals surface area contributed by atoms with Gasteiger partial charge in [0.1, 0.15) is 5.75 Å². The summed E-state index contributed by atoms with van der Waals surface area (Å²) in [5.74, 6) is 1.04. The van der Waals surface area contributed by atoms with Crippen LogP contribution in [0.1, 0.15) is 12.0 Å². The first-order valence-corrected chi connectivity index (χ1v) is 8.89. The van der Waals surface area contributed by atoms with Crippen LogP contribution >= 0.6 is 0 Å². The van der Waals surface area contributed by atoms with E-state index in [4.69, 9.17) is 23.7 Å². The van der Waals surface area contributed by atoms with Crippen molar-refractivity contribution in [1.29, 1.82) is 0 Å². The van der Waals surface area contributed by atoms with E-state index in [1.54, 1.807) is 19.2 Å². The van der Waals surface area contributed by atoms with Gasteiger partial charge in [-0.1, -0.05) is 12.1 Å². The number of carbonyl (C=O) groups excluding carboxylic acids is 2. The Bertz CT molecular complexity index is 808. The monoisotopic (exact) mass is 403 g/mol. The Morgan fingerprint density at radius 2 is 1.48 bits per heavy atom. The van der Waals surface area contributed by atoms with Crippen molar-refractivity contribution in [2.24, 2.45) is 0 Å². The van der Waals surface area contributed by atoms with Crippen LogP contribution in [0.15, 0.2) is 36.4 Å². The Morgan fingerprint density at radius 3 is 2.00 bits per heavy atom. The fourth-order valence-corrected chi connectivity index (χ4v) is 2.61.